The molecular formula is C19H13Cl2F3N6O3. The van der Waals surface area contributed by atoms with Crippen LogP contribution in [0, 0.1) is 17.3 Å². The van der Waals surface area contributed by atoms with E-state index in [1.165, 1.54) is 23.2 Å². The van der Waals surface area contributed by atoms with E-state index in [0.29, 0.717) is 5.56 Å². The predicted molar refractivity (Wildman–Crippen MR) is 114 cm³/mol. The molecule has 172 valence electrons. The number of ether oxygens (including phenoxy) is 1. The zero-order chi connectivity index (χ0) is 24.1. The molecule has 1 aliphatic rings. The van der Waals surface area contributed by atoms with Crippen LogP contribution in [0.1, 0.15) is 5.56 Å². The number of nitrogens with zero attached hydrogens (tertiary/aromatic N) is 4. The normalized spacial score (nSPS) is 15.8. The molecule has 0 saturated heterocycles. The molecule has 1 unspecified atom stereocenters. The number of guanidine groups is 1. The average Bonchev–Trinajstić information content (AvgIpc) is 3.14. The number of amides is 1. The van der Waals surface area contributed by atoms with E-state index in [4.69, 9.17) is 28.5 Å². The highest BCUT2D eigenvalue weighted by Gasteiger charge is 2.32. The Morgan fingerprint density at radius 2 is 2.06 bits per heavy atom. The largest absolute Gasteiger partial charge is 0.465 e. The van der Waals surface area contributed by atoms with Gasteiger partial charge in [0.1, 0.15) is 0 Å². The van der Waals surface area contributed by atoms with E-state index in [2.05, 4.69) is 25.5 Å². The van der Waals surface area contributed by atoms with Crippen LogP contribution < -0.4 is 15.4 Å². The predicted octanol–water partition coefficient (Wildman–Crippen LogP) is 4.34. The smallest absolute Gasteiger partial charge is 0.405 e. The summed E-state index contributed by atoms with van der Waals surface area (Å²) in [5.41, 5.74) is 0.766. The van der Waals surface area contributed by atoms with Gasteiger partial charge in [0.05, 0.1) is 28.3 Å². The van der Waals surface area contributed by atoms with Crippen LogP contribution in [0.4, 0.5) is 23.7 Å². The number of nitrogens with one attached hydrogen (secondary N) is 2. The van der Waals surface area contributed by atoms with Gasteiger partial charge in [-0.05, 0) is 24.3 Å². The number of hydrogen-bond acceptors (Lipinski definition) is 5. The molecule has 1 heterocycles. The van der Waals surface area contributed by atoms with Gasteiger partial charge in [-0.1, -0.05) is 29.3 Å². The third-order valence-corrected chi connectivity index (χ3v) is 4.97. The quantitative estimate of drug-likeness (QED) is 0.319. The summed E-state index contributed by atoms with van der Waals surface area (Å²) in [5, 5.41) is 29.2. The summed E-state index contributed by atoms with van der Waals surface area (Å²) in [4.78, 5) is 14.9. The van der Waals surface area contributed by atoms with Crippen molar-refractivity contribution in [3.8, 4) is 11.9 Å². The molecule has 0 saturated carbocycles. The molecular weight excluding hydrogens is 488 g/mol. The number of halogens is 5. The monoisotopic (exact) mass is 500 g/mol. The number of hydrogen-bond donors (Lipinski definition) is 3. The molecule has 14 heteroatoms. The second kappa shape index (κ2) is 10.3. The molecule has 0 aromatic heterocycles. The van der Waals surface area contributed by atoms with Gasteiger partial charge in [-0.25, -0.2) is 14.2 Å². The van der Waals surface area contributed by atoms with Crippen molar-refractivity contribution in [2.24, 2.45) is 10.1 Å². The lowest BCUT2D eigenvalue weighted by Crippen LogP contribution is -2.43. The van der Waals surface area contributed by atoms with Crippen molar-refractivity contribution in [3.05, 3.63) is 57.8 Å². The molecule has 3 rings (SSSR count). The van der Waals surface area contributed by atoms with Crippen LogP contribution >= 0.6 is 23.2 Å². The molecule has 9 nitrogen and oxygen atoms in total. The van der Waals surface area contributed by atoms with Gasteiger partial charge in [-0.2, -0.15) is 19.1 Å². The number of alkyl halides is 2. The maximum atomic E-state index is 13.7. The first-order valence-corrected chi connectivity index (χ1v) is 9.72. The molecule has 1 amide bonds. The zero-order valence-electron chi connectivity index (χ0n) is 16.3. The van der Waals surface area contributed by atoms with Crippen molar-refractivity contribution in [1.29, 1.82) is 5.26 Å². The van der Waals surface area contributed by atoms with Crippen LogP contribution in [-0.2, 0) is 0 Å². The third-order valence-electron chi connectivity index (χ3n) is 4.23. The summed E-state index contributed by atoms with van der Waals surface area (Å²) in [6.45, 7) is -3.33. The Morgan fingerprint density at radius 3 is 2.70 bits per heavy atom. The highest BCUT2D eigenvalue weighted by Crippen LogP contribution is 2.27. The second-order valence-electron chi connectivity index (χ2n) is 6.38. The lowest BCUT2D eigenvalue weighted by atomic mass is 10.0. The Morgan fingerprint density at radius 1 is 1.30 bits per heavy atom. The van der Waals surface area contributed by atoms with Gasteiger partial charge in [0, 0.05) is 17.3 Å². The number of carboxylic acid groups (broad SMARTS) is 1. The number of carbonyl (C=O) groups is 1. The molecule has 0 radical (unpaired) electrons. The van der Waals surface area contributed by atoms with Crippen molar-refractivity contribution in [2.45, 2.75) is 12.7 Å². The minimum atomic E-state index is -3.25. The molecule has 2 aromatic rings. The van der Waals surface area contributed by atoms with Gasteiger partial charge in [0.15, 0.2) is 11.6 Å². The maximum Gasteiger partial charge on any atom is 0.405 e. The first-order chi connectivity index (χ1) is 15.7. The van der Waals surface area contributed by atoms with Crippen molar-refractivity contribution >= 4 is 46.7 Å². The van der Waals surface area contributed by atoms with Gasteiger partial charge >= 0.3 is 12.7 Å². The van der Waals surface area contributed by atoms with E-state index in [-0.39, 0.29) is 33.9 Å². The Hall–Kier alpha value is -3.69. The summed E-state index contributed by atoms with van der Waals surface area (Å²) < 4.78 is 42.8. The van der Waals surface area contributed by atoms with Crippen LogP contribution in [-0.4, -0.2) is 47.1 Å². The topological polar surface area (TPSA) is 122 Å². The Kier molecular flexibility index (Phi) is 7.47. The highest BCUT2D eigenvalue weighted by atomic mass is 35.5. The fourth-order valence-electron chi connectivity index (χ4n) is 2.91. The number of aliphatic imine (C=N–C) groups is 1. The van der Waals surface area contributed by atoms with Gasteiger partial charge in [-0.3, -0.25) is 0 Å². The Bertz CT molecular complexity index is 1170. The summed E-state index contributed by atoms with van der Waals surface area (Å²) in [6.07, 6.45) is 0.239. The fraction of sp³-hybridized carbons (Fsp3) is 0.158. The van der Waals surface area contributed by atoms with Gasteiger partial charge in [0.25, 0.3) is 0 Å². The number of benzene rings is 2. The van der Waals surface area contributed by atoms with Crippen molar-refractivity contribution in [1.82, 2.24) is 10.3 Å². The van der Waals surface area contributed by atoms with Crippen LogP contribution in [0.5, 0.6) is 5.75 Å². The molecule has 2 aromatic carbocycles. The van der Waals surface area contributed by atoms with Crippen LogP contribution in [0.25, 0.3) is 0 Å². The van der Waals surface area contributed by atoms with E-state index in [9.17, 15) is 23.1 Å². The van der Waals surface area contributed by atoms with Crippen molar-refractivity contribution < 1.29 is 27.8 Å². The highest BCUT2D eigenvalue weighted by molar-refractivity contribution is 6.42. The summed E-state index contributed by atoms with van der Waals surface area (Å²) in [7, 11) is 0. The standard InChI is InChI=1S/C19H13Cl2F3N6O3/c20-11-3-1-9(5-12(11)21)16-14(28-19(31)32)7-30(29-16)18(26-8-25)27-10-2-4-13(22)15(6-10)33-17(23)24/h1-6,14,17,28H,7H2,(H,26,27)(H,31,32). The number of anilines is 1. The molecule has 33 heavy (non-hydrogen) atoms. The van der Waals surface area contributed by atoms with E-state index in [1.54, 1.807) is 12.3 Å². The lowest BCUT2D eigenvalue weighted by Gasteiger charge is -2.18. The van der Waals surface area contributed by atoms with Crippen LogP contribution in [0.3, 0.4) is 0 Å². The fourth-order valence-corrected chi connectivity index (χ4v) is 3.20. The van der Waals surface area contributed by atoms with E-state index < -0.39 is 30.3 Å². The summed E-state index contributed by atoms with van der Waals surface area (Å²) in [5.74, 6) is -1.93. The molecule has 3 N–H and O–H groups in total. The number of rotatable bonds is 5. The van der Waals surface area contributed by atoms with E-state index in [1.807, 2.05) is 0 Å². The maximum absolute atomic E-state index is 13.7. The third kappa shape index (κ3) is 5.97. The van der Waals surface area contributed by atoms with Crippen LogP contribution in [0.15, 0.2) is 46.5 Å². The van der Waals surface area contributed by atoms with Crippen molar-refractivity contribution in [2.75, 3.05) is 11.9 Å². The summed E-state index contributed by atoms with van der Waals surface area (Å²) in [6, 6.07) is 6.76. The number of hydrazone groups is 1. The molecule has 1 atom stereocenters. The SMILES string of the molecule is N#CN=C(Nc1ccc(F)c(OC(F)F)c1)N1CC(NC(=O)O)C(c2ccc(Cl)c(Cl)c2)=N1. The van der Waals surface area contributed by atoms with Crippen molar-refractivity contribution in [3.63, 3.8) is 0 Å². The van der Waals surface area contributed by atoms with E-state index >= 15 is 0 Å². The van der Waals surface area contributed by atoms with E-state index in [0.717, 1.165) is 12.1 Å². The second-order valence-corrected chi connectivity index (χ2v) is 7.20. The average molecular weight is 501 g/mol. The Balaban J connectivity index is 1.93. The minimum absolute atomic E-state index is 0.0574. The Labute approximate surface area is 194 Å². The first kappa shape index (κ1) is 24.0. The van der Waals surface area contributed by atoms with Gasteiger partial charge in [-0.15, -0.1) is 4.99 Å². The first-order valence-electron chi connectivity index (χ1n) is 8.97. The molecule has 0 spiro atoms. The zero-order valence-corrected chi connectivity index (χ0v) is 17.8. The van der Waals surface area contributed by atoms with Crippen LogP contribution in [0.2, 0.25) is 10.0 Å². The summed E-state index contributed by atoms with van der Waals surface area (Å²) >= 11 is 12.0. The van der Waals surface area contributed by atoms with Gasteiger partial charge in [0.2, 0.25) is 12.2 Å². The molecule has 0 aliphatic carbocycles. The molecule has 0 bridgehead atoms. The number of nitriles is 1. The minimum Gasteiger partial charge on any atom is -0.465 e. The molecule has 0 fully saturated rings. The van der Waals surface area contributed by atoms with Gasteiger partial charge < -0.3 is 20.5 Å². The lowest BCUT2D eigenvalue weighted by molar-refractivity contribution is -0.0521. The molecule has 1 aliphatic heterocycles.